The zero-order valence-electron chi connectivity index (χ0n) is 16.9. The van der Waals surface area contributed by atoms with Crippen molar-refractivity contribution in [3.05, 3.63) is 78.4 Å². The summed E-state index contributed by atoms with van der Waals surface area (Å²) in [6, 6.07) is 15.9. The summed E-state index contributed by atoms with van der Waals surface area (Å²) < 4.78 is 13.2. The number of likely N-dealkylation sites (tertiary alicyclic amines) is 1. The first-order valence-electron chi connectivity index (χ1n) is 10.1. The molecule has 0 spiro atoms. The molecule has 6 nitrogen and oxygen atoms in total. The van der Waals surface area contributed by atoms with Gasteiger partial charge in [0.15, 0.2) is 6.19 Å². The number of anilines is 2. The Balaban J connectivity index is 1.34. The molecule has 1 amide bonds. The molecular formula is C24H20FN5O. The highest BCUT2D eigenvalue weighted by atomic mass is 19.1. The molecule has 2 saturated heterocycles. The number of pyridine rings is 1. The van der Waals surface area contributed by atoms with Gasteiger partial charge in [-0.15, -0.1) is 0 Å². The fourth-order valence-corrected chi connectivity index (χ4v) is 4.40. The van der Waals surface area contributed by atoms with E-state index >= 15 is 0 Å². The van der Waals surface area contributed by atoms with Gasteiger partial charge in [-0.3, -0.25) is 9.78 Å². The van der Waals surface area contributed by atoms with Crippen molar-refractivity contribution < 1.29 is 9.18 Å². The highest BCUT2D eigenvalue weighted by Gasteiger charge is 2.60. The standard InChI is InChI=1S/C24H20FN5O/c1-15-23-22(13-29(15)14-26)30(23)24(31)17-4-2-16(3-5-17)20-10-11-27-12-21(20)28-19-8-6-18(25)7-9-19/h2-12,15,22-23,28H,13H2,1H3/t15?,22?,23-,30?/m0/s1. The van der Waals surface area contributed by atoms with E-state index in [9.17, 15) is 9.18 Å². The first kappa shape index (κ1) is 19.1. The molecule has 31 heavy (non-hydrogen) atoms. The number of carbonyl (C=O) groups excluding carboxylic acids is 1. The lowest BCUT2D eigenvalue weighted by Crippen LogP contribution is -2.35. The van der Waals surface area contributed by atoms with Gasteiger partial charge in [-0.05, 0) is 55.0 Å². The minimum atomic E-state index is -0.289. The van der Waals surface area contributed by atoms with Gasteiger partial charge < -0.3 is 15.1 Å². The Morgan fingerprint density at radius 1 is 1.16 bits per heavy atom. The number of fused-ring (bicyclic) bond motifs is 1. The Morgan fingerprint density at radius 3 is 2.55 bits per heavy atom. The molecule has 7 heteroatoms. The lowest BCUT2D eigenvalue weighted by molar-refractivity contribution is 0.0832. The lowest BCUT2D eigenvalue weighted by Gasteiger charge is -2.21. The minimum Gasteiger partial charge on any atom is -0.354 e. The Kier molecular flexibility index (Phi) is 4.55. The van der Waals surface area contributed by atoms with E-state index in [1.54, 1.807) is 29.4 Å². The van der Waals surface area contributed by atoms with Crippen molar-refractivity contribution in [1.29, 1.82) is 5.26 Å². The maximum atomic E-state index is 13.2. The van der Waals surface area contributed by atoms with Crippen LogP contribution in [0.4, 0.5) is 15.8 Å². The van der Waals surface area contributed by atoms with E-state index in [0.717, 1.165) is 22.5 Å². The second-order valence-electron chi connectivity index (χ2n) is 7.89. The Hall–Kier alpha value is -3.92. The number of aromatic nitrogens is 1. The van der Waals surface area contributed by atoms with Crippen LogP contribution in [0.2, 0.25) is 0 Å². The zero-order valence-corrected chi connectivity index (χ0v) is 16.9. The van der Waals surface area contributed by atoms with Crippen LogP contribution in [-0.4, -0.2) is 45.4 Å². The topological polar surface area (TPSA) is 72.0 Å². The van der Waals surface area contributed by atoms with Gasteiger partial charge in [-0.1, -0.05) is 12.1 Å². The molecule has 0 saturated carbocycles. The number of halogens is 1. The molecule has 2 aromatic carbocycles. The van der Waals surface area contributed by atoms with Gasteiger partial charge in [-0.25, -0.2) is 4.39 Å². The number of carbonyl (C=O) groups is 1. The quantitative estimate of drug-likeness (QED) is 0.517. The van der Waals surface area contributed by atoms with Gasteiger partial charge in [0.25, 0.3) is 5.91 Å². The fourth-order valence-electron chi connectivity index (χ4n) is 4.40. The molecule has 3 heterocycles. The number of nitrogens with zero attached hydrogens (tertiary/aromatic N) is 4. The molecule has 5 rings (SSSR count). The van der Waals surface area contributed by atoms with Crippen molar-refractivity contribution in [2.75, 3.05) is 11.9 Å². The summed E-state index contributed by atoms with van der Waals surface area (Å²) in [6.45, 7) is 2.60. The predicted molar refractivity (Wildman–Crippen MR) is 115 cm³/mol. The van der Waals surface area contributed by atoms with Crippen LogP contribution in [0.25, 0.3) is 11.1 Å². The number of hydrogen-bond donors (Lipinski definition) is 1. The van der Waals surface area contributed by atoms with Gasteiger partial charge in [-0.2, -0.15) is 5.26 Å². The van der Waals surface area contributed by atoms with Crippen LogP contribution in [0.15, 0.2) is 67.0 Å². The molecule has 154 valence electrons. The summed E-state index contributed by atoms with van der Waals surface area (Å²) in [5, 5.41) is 12.4. The van der Waals surface area contributed by atoms with Crippen LogP contribution < -0.4 is 5.32 Å². The van der Waals surface area contributed by atoms with Crippen LogP contribution in [0, 0.1) is 17.3 Å². The number of rotatable bonds is 4. The fraction of sp³-hybridized carbons (Fsp3) is 0.208. The highest BCUT2D eigenvalue weighted by Crippen LogP contribution is 2.41. The second kappa shape index (κ2) is 7.40. The summed E-state index contributed by atoms with van der Waals surface area (Å²) in [7, 11) is 0. The lowest BCUT2D eigenvalue weighted by atomic mass is 10.0. The number of amides is 1. The molecule has 3 aromatic rings. The summed E-state index contributed by atoms with van der Waals surface area (Å²) >= 11 is 0. The minimum absolute atomic E-state index is 0.00498. The number of benzene rings is 2. The van der Waals surface area contributed by atoms with E-state index in [4.69, 9.17) is 5.26 Å². The van der Waals surface area contributed by atoms with Crippen molar-refractivity contribution >= 4 is 17.3 Å². The van der Waals surface area contributed by atoms with Gasteiger partial charge >= 0.3 is 0 Å². The van der Waals surface area contributed by atoms with Gasteiger partial charge in [0, 0.05) is 23.0 Å². The molecule has 3 atom stereocenters. The molecule has 1 aromatic heterocycles. The molecular weight excluding hydrogens is 393 g/mol. The van der Waals surface area contributed by atoms with Crippen molar-refractivity contribution in [2.45, 2.75) is 25.0 Å². The monoisotopic (exact) mass is 413 g/mol. The van der Waals surface area contributed by atoms with Crippen LogP contribution in [0.3, 0.4) is 0 Å². The van der Waals surface area contributed by atoms with E-state index in [0.29, 0.717) is 12.1 Å². The third-order valence-electron chi connectivity index (χ3n) is 6.10. The van der Waals surface area contributed by atoms with Crippen LogP contribution in [-0.2, 0) is 0 Å². The van der Waals surface area contributed by atoms with Crippen LogP contribution in [0.5, 0.6) is 0 Å². The number of nitrogens with one attached hydrogen (secondary N) is 1. The van der Waals surface area contributed by atoms with E-state index in [-0.39, 0.29) is 29.8 Å². The van der Waals surface area contributed by atoms with Crippen molar-refractivity contribution in [2.24, 2.45) is 0 Å². The van der Waals surface area contributed by atoms with Gasteiger partial charge in [0.1, 0.15) is 5.82 Å². The highest BCUT2D eigenvalue weighted by molar-refractivity contribution is 5.97. The molecule has 2 fully saturated rings. The molecule has 2 unspecified atom stereocenters. The average molecular weight is 413 g/mol. The molecule has 0 aliphatic carbocycles. The number of piperazine rings is 1. The first-order chi connectivity index (χ1) is 15.1. The van der Waals surface area contributed by atoms with Crippen LogP contribution in [0.1, 0.15) is 17.3 Å². The summed E-state index contributed by atoms with van der Waals surface area (Å²) in [5.74, 6) is -0.284. The van der Waals surface area contributed by atoms with Gasteiger partial charge in [0.05, 0.1) is 36.6 Å². The number of nitriles is 1. The Bertz CT molecular complexity index is 1170. The Labute approximate surface area is 179 Å². The molecule has 2 aliphatic heterocycles. The van der Waals surface area contributed by atoms with Crippen molar-refractivity contribution in [1.82, 2.24) is 14.8 Å². The third-order valence-corrected chi connectivity index (χ3v) is 6.10. The number of hydrogen-bond acceptors (Lipinski definition) is 5. The molecule has 2 aliphatic rings. The third kappa shape index (κ3) is 3.36. The molecule has 1 N–H and O–H groups in total. The Morgan fingerprint density at radius 2 is 1.90 bits per heavy atom. The van der Waals surface area contributed by atoms with E-state index in [2.05, 4.69) is 16.5 Å². The largest absolute Gasteiger partial charge is 0.354 e. The normalized spacial score (nSPS) is 21.4. The first-order valence-corrected chi connectivity index (χ1v) is 10.1. The van der Waals surface area contributed by atoms with E-state index in [1.165, 1.54) is 12.1 Å². The summed E-state index contributed by atoms with van der Waals surface area (Å²) in [5.41, 5.74) is 4.06. The van der Waals surface area contributed by atoms with Crippen molar-refractivity contribution in [3.63, 3.8) is 0 Å². The molecule has 0 bridgehead atoms. The second-order valence-corrected chi connectivity index (χ2v) is 7.89. The summed E-state index contributed by atoms with van der Waals surface area (Å²) in [4.78, 5) is 20.7. The maximum absolute atomic E-state index is 13.2. The smallest absolute Gasteiger partial charge is 0.254 e. The summed E-state index contributed by atoms with van der Waals surface area (Å²) in [6.07, 6.45) is 5.62. The van der Waals surface area contributed by atoms with Crippen LogP contribution >= 0.6 is 0 Å². The van der Waals surface area contributed by atoms with Gasteiger partial charge in [0.2, 0.25) is 0 Å². The maximum Gasteiger partial charge on any atom is 0.254 e. The zero-order chi connectivity index (χ0) is 21.5. The van der Waals surface area contributed by atoms with Crippen molar-refractivity contribution in [3.8, 4) is 17.3 Å². The predicted octanol–water partition coefficient (Wildman–Crippen LogP) is 4.01. The van der Waals surface area contributed by atoms with E-state index < -0.39 is 0 Å². The SMILES string of the molecule is CC1[C@H]2C(CN1C#N)N2C(=O)c1ccc(-c2ccncc2Nc2ccc(F)cc2)cc1. The molecule has 0 radical (unpaired) electrons. The average Bonchev–Trinajstić information content (AvgIpc) is 3.42. The van der Waals surface area contributed by atoms with E-state index in [1.807, 2.05) is 42.2 Å².